The molecule has 8 heteroatoms. The van der Waals surface area contributed by atoms with Crippen molar-refractivity contribution in [3.05, 3.63) is 82.3 Å². The zero-order valence-corrected chi connectivity index (χ0v) is 13.7. The van der Waals surface area contributed by atoms with Gasteiger partial charge in [0, 0.05) is 41.3 Å². The van der Waals surface area contributed by atoms with Crippen LogP contribution >= 0.6 is 0 Å². The van der Waals surface area contributed by atoms with Crippen LogP contribution in [-0.2, 0) is 0 Å². The second-order valence-electron chi connectivity index (χ2n) is 5.39. The van der Waals surface area contributed by atoms with Gasteiger partial charge in [0.05, 0.1) is 11.1 Å². The van der Waals surface area contributed by atoms with Crippen LogP contribution in [0.3, 0.4) is 0 Å². The third-order valence-corrected chi connectivity index (χ3v) is 3.52. The summed E-state index contributed by atoms with van der Waals surface area (Å²) in [4.78, 5) is 30.8. The van der Waals surface area contributed by atoms with Crippen LogP contribution in [0.15, 0.2) is 61.1 Å². The number of amides is 1. The predicted molar refractivity (Wildman–Crippen MR) is 94.3 cm³/mol. The topological polar surface area (TPSA) is 107 Å². The van der Waals surface area contributed by atoms with Gasteiger partial charge in [-0.1, -0.05) is 12.1 Å². The number of aryl methyl sites for hydroxylation is 1. The third kappa shape index (κ3) is 3.99. The van der Waals surface area contributed by atoms with Gasteiger partial charge in [-0.3, -0.25) is 19.9 Å². The standard InChI is InChI=1S/C18H14N4O4/c1-12-5-6-13(9-16(12)22(24)25)18(23)21-14-3-2-4-15(10-14)26-17-11-19-7-8-20-17/h2-11H,1H3,(H,21,23). The van der Waals surface area contributed by atoms with Crippen LogP contribution in [0.25, 0.3) is 0 Å². The summed E-state index contributed by atoms with van der Waals surface area (Å²) in [6, 6.07) is 11.1. The first-order chi connectivity index (χ1) is 12.5. The second kappa shape index (κ2) is 7.39. The van der Waals surface area contributed by atoms with Crippen molar-refractivity contribution in [2.75, 3.05) is 5.32 Å². The highest BCUT2D eigenvalue weighted by Gasteiger charge is 2.15. The number of nitrogens with zero attached hydrogens (tertiary/aromatic N) is 3. The number of rotatable bonds is 5. The molecule has 0 radical (unpaired) electrons. The lowest BCUT2D eigenvalue weighted by Gasteiger charge is -2.08. The van der Waals surface area contributed by atoms with E-state index < -0.39 is 10.8 Å². The number of carbonyl (C=O) groups is 1. The van der Waals surface area contributed by atoms with E-state index >= 15 is 0 Å². The van der Waals surface area contributed by atoms with Gasteiger partial charge in [-0.15, -0.1) is 0 Å². The molecule has 130 valence electrons. The second-order valence-corrected chi connectivity index (χ2v) is 5.39. The van der Waals surface area contributed by atoms with E-state index in [9.17, 15) is 14.9 Å². The molecule has 0 aliphatic carbocycles. The van der Waals surface area contributed by atoms with Crippen LogP contribution < -0.4 is 10.1 Å². The fraction of sp³-hybridized carbons (Fsp3) is 0.0556. The summed E-state index contributed by atoms with van der Waals surface area (Å²) in [5, 5.41) is 13.7. The lowest BCUT2D eigenvalue weighted by atomic mass is 10.1. The molecule has 0 aliphatic rings. The molecule has 2 aromatic carbocycles. The lowest BCUT2D eigenvalue weighted by Crippen LogP contribution is -2.12. The van der Waals surface area contributed by atoms with Crippen molar-refractivity contribution >= 4 is 17.3 Å². The summed E-state index contributed by atoms with van der Waals surface area (Å²) in [6.45, 7) is 1.62. The molecule has 1 N–H and O–H groups in total. The van der Waals surface area contributed by atoms with Crippen LogP contribution in [0.1, 0.15) is 15.9 Å². The monoisotopic (exact) mass is 350 g/mol. The maximum absolute atomic E-state index is 12.4. The Kier molecular flexibility index (Phi) is 4.84. The average molecular weight is 350 g/mol. The number of benzene rings is 2. The first kappa shape index (κ1) is 17.0. The molecule has 3 rings (SSSR count). The summed E-state index contributed by atoms with van der Waals surface area (Å²) >= 11 is 0. The summed E-state index contributed by atoms with van der Waals surface area (Å²) in [5.41, 5.74) is 1.07. The van der Waals surface area contributed by atoms with Crippen LogP contribution in [0.2, 0.25) is 0 Å². The number of hydrogen-bond acceptors (Lipinski definition) is 6. The Hall–Kier alpha value is -3.81. The molecule has 8 nitrogen and oxygen atoms in total. The summed E-state index contributed by atoms with van der Waals surface area (Å²) in [7, 11) is 0. The number of nitro benzene ring substituents is 1. The van der Waals surface area contributed by atoms with Crippen LogP contribution in [0, 0.1) is 17.0 Å². The maximum atomic E-state index is 12.4. The van der Waals surface area contributed by atoms with Crippen LogP contribution in [0.4, 0.5) is 11.4 Å². The number of ether oxygens (including phenoxy) is 1. The largest absolute Gasteiger partial charge is 0.437 e. The van der Waals surface area contributed by atoms with Gasteiger partial charge < -0.3 is 10.1 Å². The number of anilines is 1. The maximum Gasteiger partial charge on any atom is 0.273 e. The minimum Gasteiger partial charge on any atom is -0.437 e. The van der Waals surface area contributed by atoms with E-state index in [1.807, 2.05) is 0 Å². The zero-order chi connectivity index (χ0) is 18.5. The van der Waals surface area contributed by atoms with Crippen LogP contribution in [-0.4, -0.2) is 20.8 Å². The molecule has 0 saturated carbocycles. The average Bonchev–Trinajstić information content (AvgIpc) is 2.63. The van der Waals surface area contributed by atoms with E-state index in [0.29, 0.717) is 22.9 Å². The first-order valence-corrected chi connectivity index (χ1v) is 7.63. The van der Waals surface area contributed by atoms with Gasteiger partial charge in [-0.25, -0.2) is 4.98 Å². The van der Waals surface area contributed by atoms with Crippen molar-refractivity contribution in [2.45, 2.75) is 6.92 Å². The summed E-state index contributed by atoms with van der Waals surface area (Å²) in [5.74, 6) is 0.341. The molecule has 0 atom stereocenters. The van der Waals surface area contributed by atoms with E-state index in [4.69, 9.17) is 4.74 Å². The molecule has 0 saturated heterocycles. The summed E-state index contributed by atoms with van der Waals surface area (Å²) in [6.07, 6.45) is 4.51. The molecule has 0 fully saturated rings. The number of hydrogen-bond donors (Lipinski definition) is 1. The zero-order valence-electron chi connectivity index (χ0n) is 13.7. The Balaban J connectivity index is 1.77. The minimum absolute atomic E-state index is 0.0996. The number of nitrogens with one attached hydrogen (secondary N) is 1. The highest BCUT2D eigenvalue weighted by atomic mass is 16.6. The first-order valence-electron chi connectivity index (χ1n) is 7.63. The quantitative estimate of drug-likeness (QED) is 0.555. The van der Waals surface area contributed by atoms with Gasteiger partial charge in [0.15, 0.2) is 0 Å². The van der Waals surface area contributed by atoms with E-state index in [1.54, 1.807) is 37.3 Å². The van der Waals surface area contributed by atoms with E-state index in [-0.39, 0.29) is 11.3 Å². The Morgan fingerprint density at radius 2 is 2.04 bits per heavy atom. The normalized spacial score (nSPS) is 10.2. The van der Waals surface area contributed by atoms with E-state index in [0.717, 1.165) is 0 Å². The van der Waals surface area contributed by atoms with E-state index in [1.165, 1.54) is 30.7 Å². The van der Waals surface area contributed by atoms with Gasteiger partial charge in [-0.2, -0.15) is 0 Å². The highest BCUT2D eigenvalue weighted by molar-refractivity contribution is 6.04. The molecular formula is C18H14N4O4. The highest BCUT2D eigenvalue weighted by Crippen LogP contribution is 2.23. The Labute approximate surface area is 148 Å². The fourth-order valence-corrected chi connectivity index (χ4v) is 2.25. The molecule has 0 spiro atoms. The minimum atomic E-state index is -0.512. The Morgan fingerprint density at radius 1 is 1.19 bits per heavy atom. The smallest absolute Gasteiger partial charge is 0.273 e. The number of carbonyl (C=O) groups excluding carboxylic acids is 1. The molecule has 0 bridgehead atoms. The van der Waals surface area contributed by atoms with Crippen molar-refractivity contribution in [1.29, 1.82) is 0 Å². The molecule has 0 unspecified atom stereocenters. The van der Waals surface area contributed by atoms with Gasteiger partial charge in [-0.05, 0) is 25.1 Å². The fourth-order valence-electron chi connectivity index (χ4n) is 2.25. The molecular weight excluding hydrogens is 336 g/mol. The molecule has 0 aliphatic heterocycles. The lowest BCUT2D eigenvalue weighted by molar-refractivity contribution is -0.385. The number of aromatic nitrogens is 2. The van der Waals surface area contributed by atoms with Crippen LogP contribution in [0.5, 0.6) is 11.6 Å². The predicted octanol–water partition coefficient (Wildman–Crippen LogP) is 3.74. The molecule has 1 amide bonds. The molecule has 3 aromatic rings. The van der Waals surface area contributed by atoms with Gasteiger partial charge in [0.1, 0.15) is 5.75 Å². The summed E-state index contributed by atoms with van der Waals surface area (Å²) < 4.78 is 5.56. The molecule has 1 heterocycles. The molecule has 1 aromatic heterocycles. The van der Waals surface area contributed by atoms with Crippen molar-refractivity contribution in [2.24, 2.45) is 0 Å². The van der Waals surface area contributed by atoms with E-state index in [2.05, 4.69) is 15.3 Å². The Morgan fingerprint density at radius 3 is 2.77 bits per heavy atom. The Bertz CT molecular complexity index is 960. The van der Waals surface area contributed by atoms with Crippen molar-refractivity contribution in [1.82, 2.24) is 9.97 Å². The van der Waals surface area contributed by atoms with Gasteiger partial charge in [0.2, 0.25) is 5.88 Å². The van der Waals surface area contributed by atoms with Gasteiger partial charge in [0.25, 0.3) is 11.6 Å². The van der Waals surface area contributed by atoms with Gasteiger partial charge >= 0.3 is 0 Å². The molecule has 26 heavy (non-hydrogen) atoms. The van der Waals surface area contributed by atoms with Crippen molar-refractivity contribution < 1.29 is 14.5 Å². The third-order valence-electron chi connectivity index (χ3n) is 3.52. The SMILES string of the molecule is Cc1ccc(C(=O)Nc2cccc(Oc3cnccn3)c2)cc1[N+](=O)[O-]. The van der Waals surface area contributed by atoms with Crippen molar-refractivity contribution in [3.8, 4) is 11.6 Å². The van der Waals surface area contributed by atoms with Crippen molar-refractivity contribution in [3.63, 3.8) is 0 Å². The number of nitro groups is 1.